The first-order valence-corrected chi connectivity index (χ1v) is 7.69. The van der Waals surface area contributed by atoms with Crippen LogP contribution < -0.4 is 0 Å². The fraction of sp³-hybridized carbons (Fsp3) is 0.417. The average molecular weight is 314 g/mol. The molecule has 1 aliphatic heterocycles. The number of nitro benzene ring substituents is 1. The molecule has 0 radical (unpaired) electrons. The molecule has 1 atom stereocenters. The maximum atomic E-state index is 12.5. The molecule has 1 heterocycles. The number of nitrogens with zero attached hydrogens (tertiary/aromatic N) is 2. The fourth-order valence-corrected chi connectivity index (χ4v) is 4.30. The molecule has 114 valence electrons. The molecule has 0 saturated carbocycles. The summed E-state index contributed by atoms with van der Waals surface area (Å²) in [4.78, 5) is 21.1. The van der Waals surface area contributed by atoms with Crippen molar-refractivity contribution in [3.63, 3.8) is 0 Å². The summed E-state index contributed by atoms with van der Waals surface area (Å²) in [6, 6.07) is 2.34. The molecule has 1 fully saturated rings. The Hall–Kier alpha value is -2.00. The monoisotopic (exact) mass is 314 g/mol. The summed E-state index contributed by atoms with van der Waals surface area (Å²) >= 11 is 0. The van der Waals surface area contributed by atoms with Gasteiger partial charge in [-0.2, -0.15) is 4.31 Å². The lowest BCUT2D eigenvalue weighted by molar-refractivity contribution is -0.385. The Kier molecular flexibility index (Phi) is 3.97. The lowest BCUT2D eigenvalue weighted by atomic mass is 10.2. The van der Waals surface area contributed by atoms with Gasteiger partial charge in [0, 0.05) is 18.7 Å². The Labute approximate surface area is 121 Å². The van der Waals surface area contributed by atoms with E-state index < -0.39 is 27.0 Å². The summed E-state index contributed by atoms with van der Waals surface area (Å²) in [7, 11) is -3.98. The Morgan fingerprint density at radius 1 is 1.48 bits per heavy atom. The third-order valence-corrected chi connectivity index (χ3v) is 5.51. The molecule has 0 bridgehead atoms. The molecule has 0 aliphatic carbocycles. The van der Waals surface area contributed by atoms with Crippen LogP contribution in [0.3, 0.4) is 0 Å². The zero-order valence-electron chi connectivity index (χ0n) is 11.2. The Morgan fingerprint density at radius 2 is 2.14 bits per heavy atom. The normalized spacial score (nSPS) is 19.6. The first kappa shape index (κ1) is 15.4. The smallest absolute Gasteiger partial charge is 0.322 e. The Balaban J connectivity index is 2.45. The second-order valence-electron chi connectivity index (χ2n) is 4.82. The number of hydrogen-bond donors (Lipinski definition) is 1. The predicted octanol–water partition coefficient (Wildman–Crippen LogP) is 1.14. The fourth-order valence-electron chi connectivity index (χ4n) is 2.44. The number of aliphatic carboxylic acids is 1. The number of nitro groups is 1. The molecule has 1 aliphatic rings. The van der Waals surface area contributed by atoms with Gasteiger partial charge in [-0.05, 0) is 31.4 Å². The van der Waals surface area contributed by atoms with E-state index in [9.17, 15) is 23.3 Å². The summed E-state index contributed by atoms with van der Waals surface area (Å²) < 4.78 is 26.0. The van der Waals surface area contributed by atoms with Crippen molar-refractivity contribution in [3.8, 4) is 0 Å². The van der Waals surface area contributed by atoms with Gasteiger partial charge in [0.2, 0.25) is 10.0 Å². The van der Waals surface area contributed by atoms with Crippen molar-refractivity contribution < 1.29 is 23.2 Å². The van der Waals surface area contributed by atoms with Crippen LogP contribution in [0, 0.1) is 17.0 Å². The summed E-state index contributed by atoms with van der Waals surface area (Å²) in [5.41, 5.74) is 0.0166. The molecule has 0 amide bonds. The Morgan fingerprint density at radius 3 is 2.67 bits per heavy atom. The van der Waals surface area contributed by atoms with Crippen molar-refractivity contribution in [2.24, 2.45) is 0 Å². The van der Waals surface area contributed by atoms with Gasteiger partial charge in [-0.15, -0.1) is 0 Å². The molecular formula is C12H14N2O6S. The highest BCUT2D eigenvalue weighted by Gasteiger charge is 2.40. The van der Waals surface area contributed by atoms with Crippen LogP contribution in [0.2, 0.25) is 0 Å². The second-order valence-corrected chi connectivity index (χ2v) is 6.68. The SMILES string of the molecule is Cc1cc([N+](=O)[O-])ccc1S(=O)(=O)N1CCCC1C(=O)O. The van der Waals surface area contributed by atoms with Crippen LogP contribution in [-0.2, 0) is 14.8 Å². The summed E-state index contributed by atoms with van der Waals surface area (Å²) in [6.45, 7) is 1.58. The van der Waals surface area contributed by atoms with E-state index in [4.69, 9.17) is 5.11 Å². The molecule has 21 heavy (non-hydrogen) atoms. The minimum Gasteiger partial charge on any atom is -0.480 e. The maximum Gasteiger partial charge on any atom is 0.322 e. The maximum absolute atomic E-state index is 12.5. The highest BCUT2D eigenvalue weighted by Crippen LogP contribution is 2.29. The number of carbonyl (C=O) groups is 1. The van der Waals surface area contributed by atoms with Gasteiger partial charge in [0.15, 0.2) is 0 Å². The Bertz CT molecular complexity index is 700. The van der Waals surface area contributed by atoms with E-state index >= 15 is 0 Å². The van der Waals surface area contributed by atoms with Crippen molar-refractivity contribution in [1.82, 2.24) is 4.31 Å². The molecule has 1 unspecified atom stereocenters. The molecule has 0 spiro atoms. The molecule has 1 N–H and O–H groups in total. The van der Waals surface area contributed by atoms with E-state index in [0.29, 0.717) is 6.42 Å². The lowest BCUT2D eigenvalue weighted by Crippen LogP contribution is -2.40. The molecule has 1 aromatic rings. The number of carboxylic acid groups (broad SMARTS) is 1. The van der Waals surface area contributed by atoms with Crippen LogP contribution in [0.5, 0.6) is 0 Å². The lowest BCUT2D eigenvalue weighted by Gasteiger charge is -2.21. The van der Waals surface area contributed by atoms with E-state index in [1.54, 1.807) is 0 Å². The summed E-state index contributed by atoms with van der Waals surface area (Å²) in [5.74, 6) is -1.18. The van der Waals surface area contributed by atoms with Gasteiger partial charge in [0.1, 0.15) is 6.04 Å². The van der Waals surface area contributed by atoms with Crippen LogP contribution in [-0.4, -0.2) is 41.3 Å². The van der Waals surface area contributed by atoms with Gasteiger partial charge in [-0.25, -0.2) is 8.42 Å². The molecule has 0 aromatic heterocycles. The van der Waals surface area contributed by atoms with Crippen LogP contribution in [0.4, 0.5) is 5.69 Å². The minimum absolute atomic E-state index is 0.0961. The predicted molar refractivity (Wildman–Crippen MR) is 72.4 cm³/mol. The molecular weight excluding hydrogens is 300 g/mol. The zero-order valence-corrected chi connectivity index (χ0v) is 12.0. The molecule has 8 nitrogen and oxygen atoms in total. The van der Waals surface area contributed by atoms with Gasteiger partial charge in [0.25, 0.3) is 5.69 Å². The van der Waals surface area contributed by atoms with Gasteiger partial charge in [0.05, 0.1) is 9.82 Å². The van der Waals surface area contributed by atoms with Crippen LogP contribution in [0.1, 0.15) is 18.4 Å². The second kappa shape index (κ2) is 5.41. The van der Waals surface area contributed by atoms with Gasteiger partial charge >= 0.3 is 5.97 Å². The molecule has 1 aromatic carbocycles. The van der Waals surface area contributed by atoms with Crippen molar-refractivity contribution in [3.05, 3.63) is 33.9 Å². The first-order chi connectivity index (χ1) is 9.75. The van der Waals surface area contributed by atoms with E-state index in [1.165, 1.54) is 13.0 Å². The number of sulfonamides is 1. The van der Waals surface area contributed by atoms with Crippen molar-refractivity contribution in [2.45, 2.75) is 30.7 Å². The number of aryl methyl sites for hydroxylation is 1. The minimum atomic E-state index is -3.98. The van der Waals surface area contributed by atoms with E-state index in [-0.39, 0.29) is 29.1 Å². The van der Waals surface area contributed by atoms with Gasteiger partial charge in [-0.3, -0.25) is 14.9 Å². The van der Waals surface area contributed by atoms with Crippen molar-refractivity contribution in [1.29, 1.82) is 0 Å². The van der Waals surface area contributed by atoms with Crippen molar-refractivity contribution in [2.75, 3.05) is 6.54 Å². The number of carboxylic acids is 1. The van der Waals surface area contributed by atoms with E-state index in [2.05, 4.69) is 0 Å². The third kappa shape index (κ3) is 2.74. The van der Waals surface area contributed by atoms with Crippen molar-refractivity contribution >= 4 is 21.7 Å². The van der Waals surface area contributed by atoms with Gasteiger partial charge < -0.3 is 5.11 Å². The molecule has 9 heteroatoms. The zero-order chi connectivity index (χ0) is 15.8. The van der Waals surface area contributed by atoms with Crippen LogP contribution in [0.25, 0.3) is 0 Å². The first-order valence-electron chi connectivity index (χ1n) is 6.25. The number of rotatable bonds is 4. The summed E-state index contributed by atoms with van der Waals surface area (Å²) in [6.07, 6.45) is 0.739. The number of benzene rings is 1. The molecule has 2 rings (SSSR count). The number of hydrogen-bond acceptors (Lipinski definition) is 5. The third-order valence-electron chi connectivity index (χ3n) is 3.44. The highest BCUT2D eigenvalue weighted by atomic mass is 32.2. The van der Waals surface area contributed by atoms with E-state index in [0.717, 1.165) is 16.4 Å². The largest absolute Gasteiger partial charge is 0.480 e. The topological polar surface area (TPSA) is 118 Å². The molecule has 1 saturated heterocycles. The highest BCUT2D eigenvalue weighted by molar-refractivity contribution is 7.89. The van der Waals surface area contributed by atoms with Crippen LogP contribution in [0.15, 0.2) is 23.1 Å². The van der Waals surface area contributed by atoms with Gasteiger partial charge in [-0.1, -0.05) is 0 Å². The standard InChI is InChI=1S/C12H14N2O6S/c1-8-7-9(14(17)18)4-5-11(8)21(19,20)13-6-2-3-10(13)12(15)16/h4-5,7,10H,2-3,6H2,1H3,(H,15,16). The van der Waals surface area contributed by atoms with Crippen LogP contribution >= 0.6 is 0 Å². The van der Waals surface area contributed by atoms with E-state index in [1.807, 2.05) is 0 Å². The summed E-state index contributed by atoms with van der Waals surface area (Å²) in [5, 5.41) is 19.8. The quantitative estimate of drug-likeness (QED) is 0.657. The average Bonchev–Trinajstić information content (AvgIpc) is 2.88. The number of non-ortho nitro benzene ring substituents is 1.